The maximum atomic E-state index is 10.9. The smallest absolute Gasteiger partial charge is 0.258 e. The van der Waals surface area contributed by atoms with Crippen LogP contribution < -0.4 is 0 Å². The number of nitro benzene ring substituents is 1. The Labute approximate surface area is 131 Å². The summed E-state index contributed by atoms with van der Waals surface area (Å²) in [7, 11) is 0. The van der Waals surface area contributed by atoms with Gasteiger partial charge in [0, 0.05) is 23.6 Å². The fraction of sp³-hybridized carbons (Fsp3) is 0.333. The zero-order chi connectivity index (χ0) is 15.7. The highest BCUT2D eigenvalue weighted by atomic mass is 32.1. The van der Waals surface area contributed by atoms with Gasteiger partial charge in [0.2, 0.25) is 4.96 Å². The van der Waals surface area contributed by atoms with Crippen LogP contribution in [0.25, 0.3) is 16.2 Å². The van der Waals surface area contributed by atoms with Gasteiger partial charge in [0.1, 0.15) is 5.01 Å². The molecule has 0 saturated carbocycles. The van der Waals surface area contributed by atoms with E-state index < -0.39 is 4.92 Å². The van der Waals surface area contributed by atoms with E-state index in [0.29, 0.717) is 11.6 Å². The molecule has 114 valence electrons. The molecule has 3 aromatic rings. The molecule has 0 N–H and O–H groups in total. The average molecular weight is 316 g/mol. The van der Waals surface area contributed by atoms with Crippen molar-refractivity contribution in [3.8, 4) is 11.3 Å². The number of hydrogen-bond donors (Lipinski definition) is 0. The lowest BCUT2D eigenvalue weighted by Crippen LogP contribution is -1.95. The van der Waals surface area contributed by atoms with Gasteiger partial charge in [0.15, 0.2) is 0 Å². The molecule has 3 rings (SSSR count). The predicted octanol–water partition coefficient (Wildman–Crippen LogP) is 4.27. The quantitative estimate of drug-likeness (QED) is 0.520. The van der Waals surface area contributed by atoms with Crippen molar-refractivity contribution in [2.45, 2.75) is 32.6 Å². The van der Waals surface area contributed by atoms with E-state index in [0.717, 1.165) is 28.4 Å². The van der Waals surface area contributed by atoms with Crippen molar-refractivity contribution in [2.24, 2.45) is 0 Å². The van der Waals surface area contributed by atoms with Gasteiger partial charge >= 0.3 is 0 Å². The lowest BCUT2D eigenvalue weighted by atomic mass is 10.1. The van der Waals surface area contributed by atoms with E-state index in [1.165, 1.54) is 12.1 Å². The van der Waals surface area contributed by atoms with E-state index >= 15 is 0 Å². The Morgan fingerprint density at radius 1 is 1.36 bits per heavy atom. The molecule has 0 radical (unpaired) electrons. The summed E-state index contributed by atoms with van der Waals surface area (Å²) in [4.78, 5) is 15.8. The molecule has 0 bridgehead atoms. The highest BCUT2D eigenvalue weighted by Gasteiger charge is 2.16. The first-order valence-corrected chi connectivity index (χ1v) is 8.05. The molecule has 0 saturated heterocycles. The normalized spacial score (nSPS) is 11.4. The second-order valence-corrected chi connectivity index (χ2v) is 6.10. The maximum absolute atomic E-state index is 10.9. The van der Waals surface area contributed by atoms with Crippen LogP contribution in [0.4, 0.5) is 5.69 Å². The number of aromatic nitrogens is 3. The summed E-state index contributed by atoms with van der Waals surface area (Å²) in [5.41, 5.74) is 1.51. The third-order valence-corrected chi connectivity index (χ3v) is 4.83. The third kappa shape index (κ3) is 2.59. The van der Waals surface area contributed by atoms with E-state index in [-0.39, 0.29) is 5.69 Å². The standard InChI is InChI=1S/C15H16N4O2S/c1-3-10(4-2)14-17-18-9-13(16-15(18)22-14)11-6-5-7-12(8-11)19(20)21/h5-10H,3-4H2,1-2H3. The van der Waals surface area contributed by atoms with Crippen LogP contribution in [0.15, 0.2) is 30.5 Å². The first-order valence-electron chi connectivity index (χ1n) is 7.23. The molecule has 22 heavy (non-hydrogen) atoms. The lowest BCUT2D eigenvalue weighted by Gasteiger charge is -2.05. The van der Waals surface area contributed by atoms with Crippen LogP contribution in [0.2, 0.25) is 0 Å². The fourth-order valence-electron chi connectivity index (χ4n) is 2.44. The minimum Gasteiger partial charge on any atom is -0.258 e. The number of nitro groups is 1. The molecule has 1 aromatic carbocycles. The van der Waals surface area contributed by atoms with Gasteiger partial charge in [-0.25, -0.2) is 9.50 Å². The Kier molecular flexibility index (Phi) is 3.89. The third-order valence-electron chi connectivity index (χ3n) is 3.75. The van der Waals surface area contributed by atoms with E-state index in [4.69, 9.17) is 0 Å². The van der Waals surface area contributed by atoms with Crippen molar-refractivity contribution in [1.29, 1.82) is 0 Å². The zero-order valence-corrected chi connectivity index (χ0v) is 13.2. The van der Waals surface area contributed by atoms with Crippen molar-refractivity contribution in [2.75, 3.05) is 0 Å². The summed E-state index contributed by atoms with van der Waals surface area (Å²) in [6, 6.07) is 6.50. The van der Waals surface area contributed by atoms with Gasteiger partial charge in [-0.3, -0.25) is 10.1 Å². The SMILES string of the molecule is CCC(CC)c1nn2cc(-c3cccc([N+](=O)[O-])c3)nc2s1. The molecule has 0 unspecified atom stereocenters. The van der Waals surface area contributed by atoms with Crippen molar-refractivity contribution in [3.63, 3.8) is 0 Å². The zero-order valence-electron chi connectivity index (χ0n) is 12.4. The minimum atomic E-state index is -0.397. The summed E-state index contributed by atoms with van der Waals surface area (Å²) in [6.07, 6.45) is 3.95. The summed E-state index contributed by atoms with van der Waals surface area (Å²) in [5, 5.41) is 16.6. The highest BCUT2D eigenvalue weighted by Crippen LogP contribution is 2.30. The molecular formula is C15H16N4O2S. The summed E-state index contributed by atoms with van der Waals surface area (Å²) in [6.45, 7) is 4.32. The Morgan fingerprint density at radius 2 is 2.14 bits per heavy atom. The molecule has 2 heterocycles. The molecular weight excluding hydrogens is 300 g/mol. The molecule has 0 spiro atoms. The highest BCUT2D eigenvalue weighted by molar-refractivity contribution is 7.16. The molecule has 0 amide bonds. The van der Waals surface area contributed by atoms with Crippen molar-refractivity contribution >= 4 is 22.0 Å². The van der Waals surface area contributed by atoms with Gasteiger partial charge in [0.05, 0.1) is 16.8 Å². The summed E-state index contributed by atoms with van der Waals surface area (Å²) >= 11 is 1.59. The summed E-state index contributed by atoms with van der Waals surface area (Å²) in [5.74, 6) is 0.466. The van der Waals surface area contributed by atoms with Crippen molar-refractivity contribution < 1.29 is 4.92 Å². The van der Waals surface area contributed by atoms with Gasteiger partial charge in [-0.1, -0.05) is 37.3 Å². The second-order valence-electron chi connectivity index (χ2n) is 5.11. The van der Waals surface area contributed by atoms with Crippen LogP contribution in [0.5, 0.6) is 0 Å². The average Bonchev–Trinajstić information content (AvgIpc) is 3.07. The van der Waals surface area contributed by atoms with E-state index in [1.54, 1.807) is 21.9 Å². The molecule has 0 aliphatic rings. The topological polar surface area (TPSA) is 73.3 Å². The van der Waals surface area contributed by atoms with Crippen LogP contribution in [-0.2, 0) is 0 Å². The maximum Gasteiger partial charge on any atom is 0.270 e. The summed E-state index contributed by atoms with van der Waals surface area (Å²) < 4.78 is 1.77. The molecule has 0 atom stereocenters. The van der Waals surface area contributed by atoms with E-state index in [1.807, 2.05) is 12.3 Å². The van der Waals surface area contributed by atoms with Crippen LogP contribution >= 0.6 is 11.3 Å². The second kappa shape index (κ2) is 5.84. The fourth-order valence-corrected chi connectivity index (χ4v) is 3.58. The van der Waals surface area contributed by atoms with E-state index in [2.05, 4.69) is 23.9 Å². The van der Waals surface area contributed by atoms with Crippen molar-refractivity contribution in [3.05, 3.63) is 45.6 Å². The number of fused-ring (bicyclic) bond motifs is 1. The lowest BCUT2D eigenvalue weighted by molar-refractivity contribution is -0.384. The number of imidazole rings is 1. The molecule has 0 aliphatic heterocycles. The van der Waals surface area contributed by atoms with Gasteiger partial charge in [0.25, 0.3) is 5.69 Å². The Morgan fingerprint density at radius 3 is 2.77 bits per heavy atom. The first-order chi connectivity index (χ1) is 10.6. The van der Waals surface area contributed by atoms with Crippen LogP contribution in [0, 0.1) is 10.1 Å². The first kappa shape index (κ1) is 14.6. The van der Waals surface area contributed by atoms with Crippen LogP contribution in [0.1, 0.15) is 37.6 Å². The largest absolute Gasteiger partial charge is 0.270 e. The molecule has 6 nitrogen and oxygen atoms in total. The number of rotatable bonds is 5. The Hall–Kier alpha value is -2.28. The minimum absolute atomic E-state index is 0.0690. The van der Waals surface area contributed by atoms with Gasteiger partial charge in [-0.05, 0) is 12.8 Å². The number of hydrogen-bond acceptors (Lipinski definition) is 5. The number of non-ortho nitro benzene ring substituents is 1. The van der Waals surface area contributed by atoms with Crippen LogP contribution in [0.3, 0.4) is 0 Å². The molecule has 0 aliphatic carbocycles. The molecule has 2 aromatic heterocycles. The van der Waals surface area contributed by atoms with Gasteiger partial charge in [-0.2, -0.15) is 5.10 Å². The number of benzene rings is 1. The van der Waals surface area contributed by atoms with Gasteiger partial charge < -0.3 is 0 Å². The van der Waals surface area contributed by atoms with Crippen LogP contribution in [-0.4, -0.2) is 19.5 Å². The Balaban J connectivity index is 1.98. The monoisotopic (exact) mass is 316 g/mol. The molecule has 0 fully saturated rings. The number of nitrogens with zero attached hydrogens (tertiary/aromatic N) is 4. The van der Waals surface area contributed by atoms with E-state index in [9.17, 15) is 10.1 Å². The van der Waals surface area contributed by atoms with Gasteiger partial charge in [-0.15, -0.1) is 0 Å². The molecule has 7 heteroatoms. The Bertz CT molecular complexity index is 788. The predicted molar refractivity (Wildman–Crippen MR) is 86.3 cm³/mol. The van der Waals surface area contributed by atoms with Crippen molar-refractivity contribution in [1.82, 2.24) is 14.6 Å².